The number of likely N-dealkylation sites (tertiary alicyclic amines) is 1. The first-order chi connectivity index (χ1) is 14.6. The number of ether oxygens (including phenoxy) is 1. The van der Waals surface area contributed by atoms with Crippen molar-refractivity contribution >= 4 is 17.1 Å². The number of benzene rings is 1. The van der Waals surface area contributed by atoms with Crippen LogP contribution < -0.4 is 10.4 Å². The fourth-order valence-electron chi connectivity index (χ4n) is 4.38. The molecule has 1 saturated carbocycles. The molecule has 1 atom stereocenters. The van der Waals surface area contributed by atoms with Gasteiger partial charge >= 0.3 is 5.69 Å². The summed E-state index contributed by atoms with van der Waals surface area (Å²) in [6, 6.07) is 11.4. The summed E-state index contributed by atoms with van der Waals surface area (Å²) in [6.07, 6.45) is 5.24. The highest BCUT2D eigenvalue weighted by Gasteiger charge is 2.32. The van der Waals surface area contributed by atoms with Crippen LogP contribution in [0.3, 0.4) is 0 Å². The van der Waals surface area contributed by atoms with Crippen LogP contribution in [0.2, 0.25) is 0 Å². The minimum atomic E-state index is -0.0322. The van der Waals surface area contributed by atoms with Crippen molar-refractivity contribution in [2.45, 2.75) is 38.3 Å². The average molecular weight is 406 g/mol. The van der Waals surface area contributed by atoms with E-state index < -0.39 is 0 Å². The fourth-order valence-corrected chi connectivity index (χ4v) is 4.38. The molecule has 0 spiro atoms. The number of amides is 1. The summed E-state index contributed by atoms with van der Waals surface area (Å²) in [5.74, 6) is 1.47. The van der Waals surface area contributed by atoms with Crippen LogP contribution in [0.1, 0.15) is 30.9 Å². The molecule has 3 aromatic rings. The molecule has 156 valence electrons. The molecule has 3 heterocycles. The van der Waals surface area contributed by atoms with Crippen LogP contribution in [-0.4, -0.2) is 45.1 Å². The van der Waals surface area contributed by atoms with Crippen molar-refractivity contribution in [2.24, 2.45) is 5.92 Å². The Morgan fingerprint density at radius 3 is 2.70 bits per heavy atom. The lowest BCUT2D eigenvalue weighted by molar-refractivity contribution is -0.129. The Labute approximate surface area is 174 Å². The summed E-state index contributed by atoms with van der Waals surface area (Å²) in [5, 5.41) is 0. The van der Waals surface area contributed by atoms with E-state index in [1.54, 1.807) is 13.3 Å². The summed E-state index contributed by atoms with van der Waals surface area (Å²) in [6.45, 7) is 1.98. The molecule has 0 bridgehead atoms. The second-order valence-electron chi connectivity index (χ2n) is 8.36. The van der Waals surface area contributed by atoms with Gasteiger partial charge in [-0.05, 0) is 55.0 Å². The highest BCUT2D eigenvalue weighted by atomic mass is 16.5. The van der Waals surface area contributed by atoms with E-state index in [1.165, 1.54) is 12.8 Å². The Morgan fingerprint density at radius 2 is 1.97 bits per heavy atom. The number of hydrogen-bond donors (Lipinski definition) is 0. The average Bonchev–Trinajstić information content (AvgIpc) is 3.38. The quantitative estimate of drug-likeness (QED) is 0.631. The van der Waals surface area contributed by atoms with Gasteiger partial charge in [0.05, 0.1) is 25.1 Å². The van der Waals surface area contributed by atoms with Crippen molar-refractivity contribution < 1.29 is 9.53 Å². The summed E-state index contributed by atoms with van der Waals surface area (Å²) < 4.78 is 8.87. The normalized spacial score (nSPS) is 18.8. The minimum absolute atomic E-state index is 0.00468. The number of pyridine rings is 1. The molecule has 7 nitrogen and oxygen atoms in total. The van der Waals surface area contributed by atoms with Crippen molar-refractivity contribution in [3.63, 3.8) is 0 Å². The number of methoxy groups -OCH3 is 1. The van der Waals surface area contributed by atoms with E-state index in [9.17, 15) is 9.59 Å². The van der Waals surface area contributed by atoms with Crippen molar-refractivity contribution in [3.8, 4) is 5.75 Å². The van der Waals surface area contributed by atoms with Crippen LogP contribution in [-0.2, 0) is 17.8 Å². The molecule has 7 heteroatoms. The number of aromatic nitrogens is 3. The second-order valence-corrected chi connectivity index (χ2v) is 8.36. The predicted molar refractivity (Wildman–Crippen MR) is 114 cm³/mol. The van der Waals surface area contributed by atoms with E-state index in [0.717, 1.165) is 35.4 Å². The van der Waals surface area contributed by atoms with Gasteiger partial charge < -0.3 is 9.64 Å². The molecule has 1 aromatic carbocycles. The van der Waals surface area contributed by atoms with Crippen molar-refractivity contribution in [1.29, 1.82) is 0 Å². The van der Waals surface area contributed by atoms with Crippen LogP contribution in [0.4, 0.5) is 0 Å². The van der Waals surface area contributed by atoms with E-state index in [1.807, 2.05) is 50.4 Å². The summed E-state index contributed by atoms with van der Waals surface area (Å²) in [5.41, 5.74) is 2.60. The molecule has 1 saturated heterocycles. The first kappa shape index (κ1) is 18.9. The molecule has 0 N–H and O–H groups in total. The molecule has 30 heavy (non-hydrogen) atoms. The highest BCUT2D eigenvalue weighted by Crippen LogP contribution is 2.32. The van der Waals surface area contributed by atoms with E-state index in [4.69, 9.17) is 4.74 Å². The van der Waals surface area contributed by atoms with Crippen LogP contribution >= 0.6 is 0 Å². The first-order valence-electron chi connectivity index (χ1n) is 10.6. The zero-order valence-electron chi connectivity index (χ0n) is 17.2. The van der Waals surface area contributed by atoms with Crippen LogP contribution in [0.5, 0.6) is 5.75 Å². The van der Waals surface area contributed by atoms with Gasteiger partial charge in [-0.3, -0.25) is 13.9 Å². The molecule has 2 aromatic heterocycles. The molecule has 0 unspecified atom stereocenters. The zero-order chi connectivity index (χ0) is 20.7. The summed E-state index contributed by atoms with van der Waals surface area (Å²) in [7, 11) is 1.63. The lowest BCUT2D eigenvalue weighted by atomic mass is 10.1. The third kappa shape index (κ3) is 3.49. The molecule has 2 aliphatic rings. The second kappa shape index (κ2) is 7.63. The number of hydrogen-bond acceptors (Lipinski definition) is 4. The number of fused-ring (bicyclic) bond motifs is 1. The molecule has 1 aliphatic heterocycles. The monoisotopic (exact) mass is 406 g/mol. The molecular weight excluding hydrogens is 380 g/mol. The van der Waals surface area contributed by atoms with Gasteiger partial charge in [-0.2, -0.15) is 0 Å². The predicted octanol–water partition coefficient (Wildman–Crippen LogP) is 2.63. The van der Waals surface area contributed by atoms with Crippen molar-refractivity contribution in [2.75, 3.05) is 20.2 Å². The van der Waals surface area contributed by atoms with Crippen LogP contribution in [0, 0.1) is 5.92 Å². The van der Waals surface area contributed by atoms with Crippen LogP contribution in [0.25, 0.3) is 11.2 Å². The number of imidazole rings is 1. The molecule has 1 amide bonds. The Bertz CT molecular complexity index is 1130. The SMILES string of the molecule is COc1ccc(CC(=O)N2CC[C@@H](n3c(=O)n(CC4CC4)c4cccnc43)C2)cc1. The van der Waals surface area contributed by atoms with Crippen molar-refractivity contribution in [1.82, 2.24) is 19.0 Å². The third-order valence-electron chi connectivity index (χ3n) is 6.26. The van der Waals surface area contributed by atoms with Gasteiger partial charge in [-0.25, -0.2) is 9.78 Å². The summed E-state index contributed by atoms with van der Waals surface area (Å²) in [4.78, 5) is 32.5. The van der Waals surface area contributed by atoms with Gasteiger partial charge in [-0.1, -0.05) is 12.1 Å². The standard InChI is InChI=1S/C23H26N4O3/c1-30-19-8-6-16(7-9-19)13-21(28)25-12-10-18(15-25)27-22-20(3-2-11-24-22)26(23(27)29)14-17-4-5-17/h2-3,6-9,11,17-18H,4-5,10,12-15H2,1H3/t18-/m1/s1. The molecular formula is C23H26N4O3. The number of nitrogens with zero attached hydrogens (tertiary/aromatic N) is 4. The molecule has 0 radical (unpaired) electrons. The van der Waals surface area contributed by atoms with Crippen molar-refractivity contribution in [3.05, 3.63) is 58.6 Å². The smallest absolute Gasteiger partial charge is 0.330 e. The van der Waals surface area contributed by atoms with Gasteiger partial charge in [0.2, 0.25) is 5.91 Å². The van der Waals surface area contributed by atoms with Gasteiger partial charge in [0.15, 0.2) is 5.65 Å². The minimum Gasteiger partial charge on any atom is -0.497 e. The van der Waals surface area contributed by atoms with E-state index >= 15 is 0 Å². The third-order valence-corrected chi connectivity index (χ3v) is 6.26. The molecule has 5 rings (SSSR count). The topological polar surface area (TPSA) is 69.4 Å². The maximum Gasteiger partial charge on any atom is 0.330 e. The Kier molecular flexibility index (Phi) is 4.81. The fraction of sp³-hybridized carbons (Fsp3) is 0.435. The largest absolute Gasteiger partial charge is 0.497 e. The molecule has 1 aliphatic carbocycles. The number of carbonyl (C=O) groups is 1. The van der Waals surface area contributed by atoms with E-state index in [-0.39, 0.29) is 17.6 Å². The van der Waals surface area contributed by atoms with Gasteiger partial charge in [0.25, 0.3) is 0 Å². The Balaban J connectivity index is 1.35. The lowest BCUT2D eigenvalue weighted by Gasteiger charge is -2.17. The van der Waals surface area contributed by atoms with Gasteiger partial charge in [-0.15, -0.1) is 0 Å². The highest BCUT2D eigenvalue weighted by molar-refractivity contribution is 5.79. The Morgan fingerprint density at radius 1 is 1.17 bits per heavy atom. The van der Waals surface area contributed by atoms with E-state index in [2.05, 4.69) is 4.98 Å². The maximum absolute atomic E-state index is 13.2. The Hall–Kier alpha value is -3.09. The van der Waals surface area contributed by atoms with Crippen LogP contribution in [0.15, 0.2) is 47.4 Å². The first-order valence-corrected chi connectivity index (χ1v) is 10.6. The van der Waals surface area contributed by atoms with Gasteiger partial charge in [0, 0.05) is 25.8 Å². The summed E-state index contributed by atoms with van der Waals surface area (Å²) >= 11 is 0. The number of rotatable bonds is 6. The number of carbonyl (C=O) groups excluding carboxylic acids is 1. The maximum atomic E-state index is 13.2. The molecule has 2 fully saturated rings. The van der Waals surface area contributed by atoms with Gasteiger partial charge in [0.1, 0.15) is 5.75 Å². The lowest BCUT2D eigenvalue weighted by Crippen LogP contribution is -2.33. The van der Waals surface area contributed by atoms with E-state index in [0.29, 0.717) is 25.4 Å². The zero-order valence-corrected chi connectivity index (χ0v) is 17.2.